The lowest BCUT2D eigenvalue weighted by Gasteiger charge is -2.33. The Bertz CT molecular complexity index is 1310. The Morgan fingerprint density at radius 2 is 0.775 bits per heavy atom. The minimum atomic E-state index is -0.526. The van der Waals surface area contributed by atoms with Crippen molar-refractivity contribution in [3.05, 3.63) is 115 Å². The SMILES string of the molecule is CC(C)(c1cc(Cl)c(O)c(Cl)c1)c1cc(Cl)c(O)c(Cl)c1.CCC(CC)(c1ccc(O)cc1)c1ccc(O)cc1. The smallest absolute Gasteiger partial charge is 0.152 e. The van der Waals surface area contributed by atoms with Crippen molar-refractivity contribution in [1.29, 1.82) is 0 Å². The molecule has 4 N–H and O–H groups in total. The lowest BCUT2D eigenvalue weighted by molar-refractivity contribution is 0.461. The monoisotopic (exact) mass is 620 g/mol. The molecule has 0 aliphatic rings. The van der Waals surface area contributed by atoms with Gasteiger partial charge >= 0.3 is 0 Å². The molecule has 0 atom stereocenters. The molecule has 0 aliphatic carbocycles. The molecule has 4 aromatic rings. The van der Waals surface area contributed by atoms with Crippen molar-refractivity contribution >= 4 is 46.4 Å². The molecule has 0 aromatic heterocycles. The molecule has 0 saturated heterocycles. The molecule has 4 nitrogen and oxygen atoms in total. The Hall–Kier alpha value is -2.76. The summed E-state index contributed by atoms with van der Waals surface area (Å²) in [5.74, 6) is 0.269. The molecule has 0 radical (unpaired) electrons. The third-order valence-electron chi connectivity index (χ3n) is 7.52. The molecule has 0 saturated carbocycles. The molecule has 0 fully saturated rings. The van der Waals surface area contributed by atoms with Gasteiger partial charge in [-0.1, -0.05) is 98.4 Å². The topological polar surface area (TPSA) is 80.9 Å². The highest BCUT2D eigenvalue weighted by atomic mass is 35.5. The third-order valence-corrected chi connectivity index (χ3v) is 8.68. The fourth-order valence-electron chi connectivity index (χ4n) is 4.81. The molecule has 0 bridgehead atoms. The molecule has 0 heterocycles. The molecule has 4 aromatic carbocycles. The summed E-state index contributed by atoms with van der Waals surface area (Å²) < 4.78 is 0. The standard InChI is InChI=1S/C17H20O2.C15H12Cl4O2/c1-3-17(4-2,13-5-9-15(18)10-6-13)14-7-11-16(19)12-8-14;1-15(2,7-3-9(16)13(20)10(17)4-7)8-5-11(18)14(21)12(19)6-8/h5-12,18-19H,3-4H2,1-2H3;3-6,20-21H,1-2H3. The molecule has 4 rings (SSSR count). The van der Waals surface area contributed by atoms with Gasteiger partial charge in [-0.3, -0.25) is 0 Å². The summed E-state index contributed by atoms with van der Waals surface area (Å²) >= 11 is 23.9. The van der Waals surface area contributed by atoms with Gasteiger partial charge in [-0.2, -0.15) is 0 Å². The lowest BCUT2D eigenvalue weighted by atomic mass is 9.70. The van der Waals surface area contributed by atoms with Gasteiger partial charge in [0.2, 0.25) is 0 Å². The van der Waals surface area contributed by atoms with Gasteiger partial charge in [-0.15, -0.1) is 0 Å². The Morgan fingerprint density at radius 1 is 0.500 bits per heavy atom. The lowest BCUT2D eigenvalue weighted by Crippen LogP contribution is -2.25. The Morgan fingerprint density at radius 3 is 1.02 bits per heavy atom. The number of rotatable bonds is 6. The van der Waals surface area contributed by atoms with Gasteiger partial charge in [-0.05, 0) is 83.6 Å². The maximum atomic E-state index is 9.65. The number of benzene rings is 4. The first-order valence-electron chi connectivity index (χ1n) is 12.7. The van der Waals surface area contributed by atoms with Crippen molar-refractivity contribution in [3.8, 4) is 23.0 Å². The summed E-state index contributed by atoms with van der Waals surface area (Å²) in [5.41, 5.74) is 3.37. The van der Waals surface area contributed by atoms with E-state index in [4.69, 9.17) is 46.4 Å². The van der Waals surface area contributed by atoms with E-state index in [1.54, 1.807) is 48.5 Å². The van der Waals surface area contributed by atoms with Crippen LogP contribution in [0.5, 0.6) is 23.0 Å². The highest BCUT2D eigenvalue weighted by Crippen LogP contribution is 2.43. The number of phenolic OH excluding ortho intramolecular Hbond substituents is 4. The van der Waals surface area contributed by atoms with E-state index in [0.717, 1.165) is 24.0 Å². The van der Waals surface area contributed by atoms with Crippen molar-refractivity contribution in [2.75, 3.05) is 0 Å². The van der Waals surface area contributed by atoms with Crippen molar-refractivity contribution in [2.45, 2.75) is 51.4 Å². The van der Waals surface area contributed by atoms with Crippen LogP contribution in [0.3, 0.4) is 0 Å². The van der Waals surface area contributed by atoms with Crippen molar-refractivity contribution < 1.29 is 20.4 Å². The Balaban J connectivity index is 0.000000222. The summed E-state index contributed by atoms with van der Waals surface area (Å²) in [6.07, 6.45) is 1.94. The summed E-state index contributed by atoms with van der Waals surface area (Å²) in [6, 6.07) is 21.4. The predicted octanol–water partition coefficient (Wildman–Crippen LogP) is 10.2. The van der Waals surface area contributed by atoms with Crippen LogP contribution in [0.25, 0.3) is 0 Å². The van der Waals surface area contributed by atoms with Crippen molar-refractivity contribution in [1.82, 2.24) is 0 Å². The van der Waals surface area contributed by atoms with Gasteiger partial charge in [0.25, 0.3) is 0 Å². The molecular formula is C32H32Cl4O4. The second-order valence-corrected chi connectivity index (χ2v) is 11.7. The van der Waals surface area contributed by atoms with E-state index in [9.17, 15) is 20.4 Å². The quantitative estimate of drug-likeness (QED) is 0.173. The highest BCUT2D eigenvalue weighted by Gasteiger charge is 2.30. The molecular weight excluding hydrogens is 590 g/mol. The van der Waals surface area contributed by atoms with Gasteiger partial charge in [0.15, 0.2) is 11.5 Å². The highest BCUT2D eigenvalue weighted by molar-refractivity contribution is 6.37. The van der Waals surface area contributed by atoms with E-state index in [1.165, 1.54) is 11.1 Å². The number of halogens is 4. The Kier molecular flexibility index (Phi) is 10.2. The number of hydrogen-bond donors (Lipinski definition) is 4. The first-order chi connectivity index (χ1) is 18.8. The van der Waals surface area contributed by atoms with Crippen LogP contribution >= 0.6 is 46.4 Å². The summed E-state index contributed by atoms with van der Waals surface area (Å²) in [7, 11) is 0. The second-order valence-electron chi connectivity index (χ2n) is 10.1. The van der Waals surface area contributed by atoms with Gasteiger partial charge < -0.3 is 20.4 Å². The van der Waals surface area contributed by atoms with E-state index >= 15 is 0 Å². The first kappa shape index (κ1) is 31.8. The number of hydrogen-bond acceptors (Lipinski definition) is 4. The minimum absolute atomic E-state index is 0.0681. The first-order valence-corrected chi connectivity index (χ1v) is 14.2. The molecule has 0 amide bonds. The fourth-order valence-corrected chi connectivity index (χ4v) is 5.79. The zero-order valence-electron chi connectivity index (χ0n) is 22.6. The van der Waals surface area contributed by atoms with Crippen LogP contribution in [-0.2, 0) is 10.8 Å². The maximum absolute atomic E-state index is 9.65. The fraction of sp³-hybridized carbons (Fsp3) is 0.250. The predicted molar refractivity (Wildman–Crippen MR) is 166 cm³/mol. The van der Waals surface area contributed by atoms with Crippen LogP contribution in [-0.4, -0.2) is 20.4 Å². The van der Waals surface area contributed by atoms with Crippen LogP contribution in [0.1, 0.15) is 62.8 Å². The zero-order chi connectivity index (χ0) is 29.8. The molecule has 8 heteroatoms. The summed E-state index contributed by atoms with van der Waals surface area (Å²) in [6.45, 7) is 8.21. The molecule has 0 aliphatic heterocycles. The van der Waals surface area contributed by atoms with Crippen LogP contribution in [0, 0.1) is 0 Å². The van der Waals surface area contributed by atoms with E-state index in [1.807, 2.05) is 38.1 Å². The molecule has 40 heavy (non-hydrogen) atoms. The minimum Gasteiger partial charge on any atom is -0.508 e. The van der Waals surface area contributed by atoms with Gasteiger partial charge in [0.1, 0.15) is 11.5 Å². The largest absolute Gasteiger partial charge is 0.508 e. The van der Waals surface area contributed by atoms with Gasteiger partial charge in [-0.25, -0.2) is 0 Å². The average molecular weight is 622 g/mol. The second kappa shape index (κ2) is 12.8. The molecule has 0 unspecified atom stereocenters. The van der Waals surface area contributed by atoms with Crippen LogP contribution in [0.2, 0.25) is 20.1 Å². The Labute approximate surface area is 255 Å². The van der Waals surface area contributed by atoms with Gasteiger partial charge in [0.05, 0.1) is 20.1 Å². The van der Waals surface area contributed by atoms with Gasteiger partial charge in [0, 0.05) is 10.8 Å². The third kappa shape index (κ3) is 6.58. The van der Waals surface area contributed by atoms with E-state index in [-0.39, 0.29) is 48.5 Å². The number of aromatic hydroxyl groups is 4. The van der Waals surface area contributed by atoms with E-state index < -0.39 is 5.41 Å². The number of phenols is 4. The normalized spacial score (nSPS) is 11.6. The van der Waals surface area contributed by atoms with Crippen LogP contribution in [0.4, 0.5) is 0 Å². The van der Waals surface area contributed by atoms with Crippen molar-refractivity contribution in [3.63, 3.8) is 0 Å². The zero-order valence-corrected chi connectivity index (χ0v) is 25.7. The van der Waals surface area contributed by atoms with Crippen LogP contribution < -0.4 is 0 Å². The van der Waals surface area contributed by atoms with E-state index in [2.05, 4.69) is 13.8 Å². The summed E-state index contributed by atoms with van der Waals surface area (Å²) in [5, 5.41) is 38.9. The maximum Gasteiger partial charge on any atom is 0.152 e. The van der Waals surface area contributed by atoms with Crippen LogP contribution in [0.15, 0.2) is 72.8 Å². The van der Waals surface area contributed by atoms with E-state index in [0.29, 0.717) is 0 Å². The molecule has 212 valence electrons. The summed E-state index contributed by atoms with van der Waals surface area (Å²) in [4.78, 5) is 0. The van der Waals surface area contributed by atoms with Crippen molar-refractivity contribution in [2.24, 2.45) is 0 Å². The average Bonchev–Trinajstić information content (AvgIpc) is 2.92. The molecule has 0 spiro atoms.